The van der Waals surface area contributed by atoms with Crippen molar-refractivity contribution in [1.82, 2.24) is 4.57 Å². The van der Waals surface area contributed by atoms with Crippen LogP contribution in [0, 0.1) is 12.7 Å². The molecule has 0 atom stereocenters. The Balaban J connectivity index is 2.59. The summed E-state index contributed by atoms with van der Waals surface area (Å²) in [5.41, 5.74) is 1.34. The van der Waals surface area contributed by atoms with Crippen LogP contribution in [0.25, 0.3) is 0 Å². The lowest BCUT2D eigenvalue weighted by Gasteiger charge is -2.17. The SMILES string of the molecule is CCn1c(C)c(C(C)(C)C)sc1=NC(=O)c1cc(F)ccc1Br. The van der Waals surface area contributed by atoms with E-state index < -0.39 is 11.7 Å². The van der Waals surface area contributed by atoms with Gasteiger partial charge in [-0.15, -0.1) is 11.3 Å². The highest BCUT2D eigenvalue weighted by atomic mass is 79.9. The predicted octanol–water partition coefficient (Wildman–Crippen LogP) is 4.82. The van der Waals surface area contributed by atoms with Crippen molar-refractivity contribution in [2.75, 3.05) is 0 Å². The van der Waals surface area contributed by atoms with Crippen LogP contribution in [-0.2, 0) is 12.0 Å². The van der Waals surface area contributed by atoms with Crippen LogP contribution in [0.5, 0.6) is 0 Å². The summed E-state index contributed by atoms with van der Waals surface area (Å²) in [6.07, 6.45) is 0. The summed E-state index contributed by atoms with van der Waals surface area (Å²) in [5, 5.41) is 0. The lowest BCUT2D eigenvalue weighted by molar-refractivity contribution is 0.0996. The fraction of sp³-hybridized carbons (Fsp3) is 0.412. The van der Waals surface area contributed by atoms with Crippen LogP contribution in [0.3, 0.4) is 0 Å². The van der Waals surface area contributed by atoms with Crippen molar-refractivity contribution in [2.45, 2.75) is 46.6 Å². The van der Waals surface area contributed by atoms with Gasteiger partial charge in [-0.25, -0.2) is 4.39 Å². The van der Waals surface area contributed by atoms with E-state index >= 15 is 0 Å². The smallest absolute Gasteiger partial charge is 0.280 e. The molecule has 124 valence electrons. The molecule has 0 N–H and O–H groups in total. The number of halogens is 2. The molecule has 1 amide bonds. The Morgan fingerprint density at radius 2 is 2.04 bits per heavy atom. The van der Waals surface area contributed by atoms with Crippen LogP contribution in [0.2, 0.25) is 0 Å². The number of carbonyl (C=O) groups excluding carboxylic acids is 1. The molecule has 0 radical (unpaired) electrons. The summed E-state index contributed by atoms with van der Waals surface area (Å²) in [7, 11) is 0. The Kier molecular flexibility index (Phi) is 5.26. The summed E-state index contributed by atoms with van der Waals surface area (Å²) in [5.74, 6) is -0.895. The third kappa shape index (κ3) is 3.80. The van der Waals surface area contributed by atoms with Gasteiger partial charge in [-0.3, -0.25) is 4.79 Å². The molecular formula is C17H20BrFN2OS. The highest BCUT2D eigenvalue weighted by molar-refractivity contribution is 9.10. The number of thiazole rings is 1. The first-order chi connectivity index (χ1) is 10.6. The molecule has 23 heavy (non-hydrogen) atoms. The molecule has 0 aliphatic carbocycles. The maximum atomic E-state index is 13.4. The van der Waals surface area contributed by atoms with Gasteiger partial charge in [-0.2, -0.15) is 4.99 Å². The van der Waals surface area contributed by atoms with Crippen molar-refractivity contribution in [3.63, 3.8) is 0 Å². The normalized spacial score (nSPS) is 12.7. The maximum Gasteiger partial charge on any atom is 0.280 e. The number of hydrogen-bond acceptors (Lipinski definition) is 2. The second-order valence-corrected chi connectivity index (χ2v) is 8.17. The van der Waals surface area contributed by atoms with E-state index in [4.69, 9.17) is 0 Å². The van der Waals surface area contributed by atoms with Crippen molar-refractivity contribution in [2.24, 2.45) is 4.99 Å². The summed E-state index contributed by atoms with van der Waals surface area (Å²) in [6, 6.07) is 4.03. The minimum atomic E-state index is -0.451. The average molecular weight is 399 g/mol. The van der Waals surface area contributed by atoms with Gasteiger partial charge in [-0.1, -0.05) is 20.8 Å². The van der Waals surface area contributed by atoms with Crippen molar-refractivity contribution in [1.29, 1.82) is 0 Å². The monoisotopic (exact) mass is 398 g/mol. The van der Waals surface area contributed by atoms with E-state index in [2.05, 4.69) is 41.7 Å². The van der Waals surface area contributed by atoms with Crippen molar-refractivity contribution >= 4 is 33.2 Å². The molecule has 0 saturated carbocycles. The highest BCUT2D eigenvalue weighted by Crippen LogP contribution is 2.28. The number of hydrogen-bond donors (Lipinski definition) is 0. The van der Waals surface area contributed by atoms with Gasteiger partial charge in [0.05, 0.1) is 5.56 Å². The zero-order valence-corrected chi connectivity index (χ0v) is 16.3. The second kappa shape index (κ2) is 6.69. The number of nitrogens with zero attached hydrogens (tertiary/aromatic N) is 2. The van der Waals surface area contributed by atoms with Crippen LogP contribution >= 0.6 is 27.3 Å². The molecule has 6 heteroatoms. The minimum absolute atomic E-state index is 0.0120. The Morgan fingerprint density at radius 3 is 2.61 bits per heavy atom. The molecule has 2 aromatic rings. The summed E-state index contributed by atoms with van der Waals surface area (Å²) in [6.45, 7) is 11.2. The van der Waals surface area contributed by atoms with Crippen LogP contribution < -0.4 is 4.80 Å². The van der Waals surface area contributed by atoms with Crippen LogP contribution in [0.1, 0.15) is 48.6 Å². The van der Waals surface area contributed by atoms with Crippen LogP contribution in [-0.4, -0.2) is 10.5 Å². The third-order valence-electron chi connectivity index (χ3n) is 3.51. The van der Waals surface area contributed by atoms with E-state index in [9.17, 15) is 9.18 Å². The van der Waals surface area contributed by atoms with Gasteiger partial charge in [0.25, 0.3) is 5.91 Å². The zero-order chi connectivity index (χ0) is 17.4. The van der Waals surface area contributed by atoms with E-state index in [-0.39, 0.29) is 11.0 Å². The Hall–Kier alpha value is -1.27. The molecule has 0 aliphatic heterocycles. The van der Waals surface area contributed by atoms with Crippen LogP contribution in [0.4, 0.5) is 4.39 Å². The van der Waals surface area contributed by atoms with Gasteiger partial charge in [-0.05, 0) is 53.4 Å². The topological polar surface area (TPSA) is 34.4 Å². The first-order valence-corrected chi connectivity index (χ1v) is 9.01. The van der Waals surface area contributed by atoms with E-state index in [1.165, 1.54) is 34.4 Å². The van der Waals surface area contributed by atoms with Gasteiger partial charge in [0.15, 0.2) is 4.80 Å². The molecular weight excluding hydrogens is 379 g/mol. The quantitative estimate of drug-likeness (QED) is 0.713. The van der Waals surface area contributed by atoms with E-state index in [1.54, 1.807) is 0 Å². The lowest BCUT2D eigenvalue weighted by atomic mass is 9.93. The van der Waals surface area contributed by atoms with Gasteiger partial charge in [0, 0.05) is 21.6 Å². The molecule has 0 aliphatic rings. The summed E-state index contributed by atoms with van der Waals surface area (Å²) < 4.78 is 16.0. The largest absolute Gasteiger partial charge is 0.321 e. The first kappa shape index (κ1) is 18.1. The summed E-state index contributed by atoms with van der Waals surface area (Å²) in [4.78, 5) is 18.5. The molecule has 2 rings (SSSR count). The number of aromatic nitrogens is 1. The number of carbonyl (C=O) groups is 1. The first-order valence-electron chi connectivity index (χ1n) is 7.40. The van der Waals surface area contributed by atoms with Gasteiger partial charge < -0.3 is 4.57 Å². The highest BCUT2D eigenvalue weighted by Gasteiger charge is 2.22. The zero-order valence-electron chi connectivity index (χ0n) is 13.9. The van der Waals surface area contributed by atoms with E-state index in [0.29, 0.717) is 9.27 Å². The lowest BCUT2D eigenvalue weighted by Crippen LogP contribution is -2.17. The minimum Gasteiger partial charge on any atom is -0.321 e. The average Bonchev–Trinajstić information content (AvgIpc) is 2.77. The van der Waals surface area contributed by atoms with E-state index in [1.807, 2.05) is 18.4 Å². The number of rotatable bonds is 2. The summed E-state index contributed by atoms with van der Waals surface area (Å²) >= 11 is 4.80. The van der Waals surface area contributed by atoms with Gasteiger partial charge in [0.1, 0.15) is 5.82 Å². The maximum absolute atomic E-state index is 13.4. The molecule has 0 spiro atoms. The molecule has 0 saturated heterocycles. The third-order valence-corrected chi connectivity index (χ3v) is 5.81. The van der Waals surface area contributed by atoms with Crippen molar-refractivity contribution in [3.8, 4) is 0 Å². The molecule has 1 aromatic heterocycles. The fourth-order valence-electron chi connectivity index (χ4n) is 2.45. The fourth-order valence-corrected chi connectivity index (χ4v) is 4.11. The molecule has 0 fully saturated rings. The van der Waals surface area contributed by atoms with E-state index in [0.717, 1.165) is 12.2 Å². The van der Waals surface area contributed by atoms with Gasteiger partial charge >= 0.3 is 0 Å². The van der Waals surface area contributed by atoms with Crippen molar-refractivity contribution < 1.29 is 9.18 Å². The molecule has 0 unspecified atom stereocenters. The Labute approximate surface area is 148 Å². The van der Waals surface area contributed by atoms with Crippen LogP contribution in [0.15, 0.2) is 27.7 Å². The number of amides is 1. The van der Waals surface area contributed by atoms with Crippen molar-refractivity contribution in [3.05, 3.63) is 49.4 Å². The molecule has 3 nitrogen and oxygen atoms in total. The molecule has 1 aromatic carbocycles. The Bertz CT molecular complexity index is 815. The molecule has 0 bridgehead atoms. The van der Waals surface area contributed by atoms with Gasteiger partial charge in [0.2, 0.25) is 0 Å². The predicted molar refractivity (Wildman–Crippen MR) is 95.4 cm³/mol. The molecule has 1 heterocycles. The Morgan fingerprint density at radius 1 is 1.39 bits per heavy atom. The standard InChI is InChI=1S/C17H20BrFN2OS/c1-6-21-10(2)14(17(3,4)5)23-16(21)20-15(22)12-9-11(19)7-8-13(12)18/h7-9H,6H2,1-5H3. The number of benzene rings is 1. The second-order valence-electron chi connectivity index (χ2n) is 6.33.